The lowest BCUT2D eigenvalue weighted by atomic mass is 10.0. The van der Waals surface area contributed by atoms with Gasteiger partial charge in [0, 0.05) is 38.2 Å². The van der Waals surface area contributed by atoms with E-state index in [0.29, 0.717) is 43.2 Å². The SMILES string of the molecule is Cc1nccc(OC2CCN(C(=O)Cc3cccc(C(F)(F)F)c3)CC2)n1. The maximum atomic E-state index is 12.8. The van der Waals surface area contributed by atoms with E-state index in [1.807, 2.05) is 0 Å². The minimum Gasteiger partial charge on any atom is -0.474 e. The van der Waals surface area contributed by atoms with Gasteiger partial charge in [0.05, 0.1) is 12.0 Å². The molecule has 2 aromatic rings. The highest BCUT2D eigenvalue weighted by Crippen LogP contribution is 2.29. The van der Waals surface area contributed by atoms with E-state index in [9.17, 15) is 18.0 Å². The topological polar surface area (TPSA) is 55.3 Å². The second-order valence-corrected chi connectivity index (χ2v) is 6.52. The number of rotatable bonds is 4. The molecule has 0 spiro atoms. The molecule has 1 aliphatic heterocycles. The summed E-state index contributed by atoms with van der Waals surface area (Å²) in [7, 11) is 0. The van der Waals surface area contributed by atoms with Crippen molar-refractivity contribution in [3.63, 3.8) is 0 Å². The van der Waals surface area contributed by atoms with E-state index in [2.05, 4.69) is 9.97 Å². The molecule has 1 saturated heterocycles. The lowest BCUT2D eigenvalue weighted by molar-refractivity contribution is -0.138. The van der Waals surface area contributed by atoms with Gasteiger partial charge in [-0.3, -0.25) is 4.79 Å². The average molecular weight is 379 g/mol. The molecule has 5 nitrogen and oxygen atoms in total. The Bertz CT molecular complexity index is 803. The van der Waals surface area contributed by atoms with Crippen molar-refractivity contribution in [3.05, 3.63) is 53.5 Å². The summed E-state index contributed by atoms with van der Waals surface area (Å²) in [4.78, 5) is 22.3. The number of amides is 1. The van der Waals surface area contributed by atoms with Gasteiger partial charge in [-0.25, -0.2) is 4.98 Å². The number of aryl methyl sites for hydroxylation is 1. The Hall–Kier alpha value is -2.64. The predicted octanol–water partition coefficient (Wildman–Crippen LogP) is 3.42. The number of aromatic nitrogens is 2. The molecule has 1 aromatic carbocycles. The van der Waals surface area contributed by atoms with Gasteiger partial charge in [-0.05, 0) is 18.6 Å². The Morgan fingerprint density at radius 1 is 1.26 bits per heavy atom. The number of ether oxygens (including phenoxy) is 1. The maximum absolute atomic E-state index is 12.8. The molecule has 0 N–H and O–H groups in total. The fourth-order valence-corrected chi connectivity index (χ4v) is 3.04. The molecule has 0 atom stereocenters. The highest BCUT2D eigenvalue weighted by molar-refractivity contribution is 5.79. The van der Waals surface area contributed by atoms with Crippen molar-refractivity contribution >= 4 is 5.91 Å². The van der Waals surface area contributed by atoms with Crippen LogP contribution < -0.4 is 4.74 Å². The number of halogens is 3. The molecule has 144 valence electrons. The van der Waals surface area contributed by atoms with E-state index >= 15 is 0 Å². The van der Waals surface area contributed by atoms with E-state index in [0.717, 1.165) is 12.1 Å². The Morgan fingerprint density at radius 2 is 2.00 bits per heavy atom. The Labute approximate surface area is 155 Å². The first-order valence-corrected chi connectivity index (χ1v) is 8.71. The van der Waals surface area contributed by atoms with E-state index < -0.39 is 11.7 Å². The number of carbonyl (C=O) groups is 1. The number of hydrogen-bond acceptors (Lipinski definition) is 4. The minimum absolute atomic E-state index is 0.0411. The summed E-state index contributed by atoms with van der Waals surface area (Å²) >= 11 is 0. The third kappa shape index (κ3) is 5.18. The molecule has 1 fully saturated rings. The van der Waals surface area contributed by atoms with Crippen LogP contribution in [0.2, 0.25) is 0 Å². The highest BCUT2D eigenvalue weighted by atomic mass is 19.4. The van der Waals surface area contributed by atoms with Crippen LogP contribution in [0.5, 0.6) is 5.88 Å². The molecule has 0 bridgehead atoms. The van der Waals surface area contributed by atoms with E-state index in [4.69, 9.17) is 4.74 Å². The van der Waals surface area contributed by atoms with Crippen molar-refractivity contribution in [3.8, 4) is 5.88 Å². The van der Waals surface area contributed by atoms with Crippen LogP contribution in [0.3, 0.4) is 0 Å². The van der Waals surface area contributed by atoms with Gasteiger partial charge < -0.3 is 9.64 Å². The van der Waals surface area contributed by atoms with Gasteiger partial charge in [0.2, 0.25) is 11.8 Å². The number of alkyl halides is 3. The standard InChI is InChI=1S/C19H20F3N3O2/c1-13-23-8-5-17(24-13)27-16-6-9-25(10-7-16)18(26)12-14-3-2-4-15(11-14)19(20,21)22/h2-5,8,11,16H,6-7,9-10,12H2,1H3. The van der Waals surface area contributed by atoms with Crippen molar-refractivity contribution in [2.75, 3.05) is 13.1 Å². The van der Waals surface area contributed by atoms with Crippen molar-refractivity contribution in [2.24, 2.45) is 0 Å². The summed E-state index contributed by atoms with van der Waals surface area (Å²) in [6, 6.07) is 6.60. The molecule has 8 heteroatoms. The molecule has 27 heavy (non-hydrogen) atoms. The van der Waals surface area contributed by atoms with Crippen LogP contribution >= 0.6 is 0 Å². The fraction of sp³-hybridized carbons (Fsp3) is 0.421. The van der Waals surface area contributed by atoms with Crippen molar-refractivity contribution < 1.29 is 22.7 Å². The van der Waals surface area contributed by atoms with Crippen molar-refractivity contribution in [1.82, 2.24) is 14.9 Å². The maximum Gasteiger partial charge on any atom is 0.416 e. The van der Waals surface area contributed by atoms with Crippen LogP contribution in [0.4, 0.5) is 13.2 Å². The first-order valence-electron chi connectivity index (χ1n) is 8.71. The van der Waals surface area contributed by atoms with Gasteiger partial charge in [-0.2, -0.15) is 18.2 Å². The van der Waals surface area contributed by atoms with Crippen LogP contribution in [0.25, 0.3) is 0 Å². The molecule has 0 radical (unpaired) electrons. The summed E-state index contributed by atoms with van der Waals surface area (Å²) in [6.45, 7) is 2.79. The molecular weight excluding hydrogens is 359 g/mol. The molecule has 1 aliphatic rings. The first-order chi connectivity index (χ1) is 12.8. The van der Waals surface area contributed by atoms with Gasteiger partial charge >= 0.3 is 6.18 Å². The average Bonchev–Trinajstić information content (AvgIpc) is 2.62. The Kier molecular flexibility index (Phi) is 5.62. The van der Waals surface area contributed by atoms with Crippen LogP contribution in [0.15, 0.2) is 36.5 Å². The lowest BCUT2D eigenvalue weighted by Gasteiger charge is -2.32. The van der Waals surface area contributed by atoms with Gasteiger partial charge in [0.15, 0.2) is 0 Å². The normalized spacial score (nSPS) is 15.6. The molecule has 0 saturated carbocycles. The second kappa shape index (κ2) is 7.94. The van der Waals surface area contributed by atoms with Gasteiger partial charge in [0.25, 0.3) is 0 Å². The summed E-state index contributed by atoms with van der Waals surface area (Å²) in [5, 5.41) is 0. The van der Waals surface area contributed by atoms with Gasteiger partial charge in [0.1, 0.15) is 11.9 Å². The third-order valence-electron chi connectivity index (χ3n) is 4.44. The Morgan fingerprint density at radius 3 is 2.67 bits per heavy atom. The summed E-state index contributed by atoms with van der Waals surface area (Å²) in [6.07, 6.45) is -1.56. The minimum atomic E-state index is -4.41. The second-order valence-electron chi connectivity index (χ2n) is 6.52. The number of hydrogen-bond donors (Lipinski definition) is 0. The number of benzene rings is 1. The fourth-order valence-electron chi connectivity index (χ4n) is 3.04. The van der Waals surface area contributed by atoms with Gasteiger partial charge in [-0.15, -0.1) is 0 Å². The van der Waals surface area contributed by atoms with Crippen molar-refractivity contribution in [1.29, 1.82) is 0 Å². The molecule has 3 rings (SSSR count). The number of likely N-dealkylation sites (tertiary alicyclic amines) is 1. The summed E-state index contributed by atoms with van der Waals surface area (Å²) in [5.74, 6) is 0.961. The molecule has 0 unspecified atom stereocenters. The summed E-state index contributed by atoms with van der Waals surface area (Å²) < 4.78 is 44.2. The number of piperidine rings is 1. The van der Waals surface area contributed by atoms with Crippen LogP contribution in [0.1, 0.15) is 29.8 Å². The van der Waals surface area contributed by atoms with E-state index in [1.165, 1.54) is 6.07 Å². The molecular formula is C19H20F3N3O2. The predicted molar refractivity (Wildman–Crippen MR) is 92.1 cm³/mol. The van der Waals surface area contributed by atoms with Crippen LogP contribution in [-0.2, 0) is 17.4 Å². The van der Waals surface area contributed by atoms with E-state index in [-0.39, 0.29) is 18.4 Å². The molecule has 1 amide bonds. The highest BCUT2D eigenvalue weighted by Gasteiger charge is 2.31. The van der Waals surface area contributed by atoms with Gasteiger partial charge in [-0.1, -0.05) is 18.2 Å². The zero-order chi connectivity index (χ0) is 19.4. The molecule has 1 aromatic heterocycles. The largest absolute Gasteiger partial charge is 0.474 e. The first kappa shape index (κ1) is 19.1. The smallest absolute Gasteiger partial charge is 0.416 e. The number of nitrogens with zero attached hydrogens (tertiary/aromatic N) is 3. The monoisotopic (exact) mass is 379 g/mol. The quantitative estimate of drug-likeness (QED) is 0.817. The molecule has 0 aliphatic carbocycles. The van der Waals surface area contributed by atoms with E-state index in [1.54, 1.807) is 30.2 Å². The zero-order valence-corrected chi connectivity index (χ0v) is 14.9. The lowest BCUT2D eigenvalue weighted by Crippen LogP contribution is -2.42. The van der Waals surface area contributed by atoms with Crippen LogP contribution in [-0.4, -0.2) is 40.0 Å². The van der Waals surface area contributed by atoms with Crippen molar-refractivity contribution in [2.45, 2.75) is 38.5 Å². The number of carbonyl (C=O) groups excluding carboxylic acids is 1. The summed E-state index contributed by atoms with van der Waals surface area (Å²) in [5.41, 5.74) is -0.371. The zero-order valence-electron chi connectivity index (χ0n) is 14.9. The molecule has 2 heterocycles. The third-order valence-corrected chi connectivity index (χ3v) is 4.44. The van der Waals surface area contributed by atoms with Crippen LogP contribution in [0, 0.1) is 6.92 Å². The Balaban J connectivity index is 1.53.